The molecular formula is C40H61N11O10. The quantitative estimate of drug-likeness (QED) is 0.0202. The van der Waals surface area contributed by atoms with Gasteiger partial charge in [0, 0.05) is 25.1 Å². The minimum atomic E-state index is -1.35. The summed E-state index contributed by atoms with van der Waals surface area (Å²) >= 11 is 0. The molecular weight excluding hydrogens is 795 g/mol. The van der Waals surface area contributed by atoms with Crippen molar-refractivity contribution >= 4 is 53.0 Å². The zero-order chi connectivity index (χ0) is 45.8. The van der Waals surface area contributed by atoms with E-state index in [1.54, 1.807) is 20.8 Å². The predicted molar refractivity (Wildman–Crippen MR) is 225 cm³/mol. The SMILES string of the molecule is CC[C@H](C)[C@H](NC(=O)[C@H](Cc1ccc([N+](=O)[O-])cc1)NC(=O)[C@H](CCCN=C(N)N)NC(=O)CNC(=O)[C@@H](NC(=O)[C@H](CC(C)C)NC(=O)c1ccco1)[C@@H](C)CC)C(N)=O. The number of nitrogens with one attached hydrogen (secondary N) is 6. The Hall–Kier alpha value is -6.54. The second kappa shape index (κ2) is 25.2. The number of nitrogens with two attached hydrogens (primary N) is 3. The van der Waals surface area contributed by atoms with Crippen molar-refractivity contribution in [3.8, 4) is 0 Å². The van der Waals surface area contributed by atoms with E-state index in [0.717, 1.165) is 0 Å². The summed E-state index contributed by atoms with van der Waals surface area (Å²) in [4.78, 5) is 108. The van der Waals surface area contributed by atoms with Crippen LogP contribution in [0.3, 0.4) is 0 Å². The third kappa shape index (κ3) is 17.3. The first-order valence-electron chi connectivity index (χ1n) is 20.2. The zero-order valence-electron chi connectivity index (χ0n) is 35.5. The highest BCUT2D eigenvalue weighted by Gasteiger charge is 2.33. The van der Waals surface area contributed by atoms with E-state index in [9.17, 15) is 43.7 Å². The summed E-state index contributed by atoms with van der Waals surface area (Å²) < 4.78 is 5.15. The molecule has 0 bridgehead atoms. The molecule has 0 aliphatic carbocycles. The molecule has 7 amide bonds. The second-order valence-electron chi connectivity index (χ2n) is 15.3. The Morgan fingerprint density at radius 1 is 0.754 bits per heavy atom. The largest absolute Gasteiger partial charge is 0.459 e. The van der Waals surface area contributed by atoms with Crippen LogP contribution in [0.15, 0.2) is 52.1 Å². The molecule has 7 atom stereocenters. The van der Waals surface area contributed by atoms with Crippen LogP contribution in [0.2, 0.25) is 0 Å². The zero-order valence-corrected chi connectivity index (χ0v) is 35.5. The molecule has 0 aliphatic heterocycles. The van der Waals surface area contributed by atoms with Gasteiger partial charge in [0.2, 0.25) is 35.4 Å². The Morgan fingerprint density at radius 2 is 1.34 bits per heavy atom. The molecule has 1 heterocycles. The number of carbonyl (C=O) groups is 7. The molecule has 21 heteroatoms. The van der Waals surface area contributed by atoms with Crippen molar-refractivity contribution in [3.63, 3.8) is 0 Å². The molecule has 0 saturated heterocycles. The lowest BCUT2D eigenvalue weighted by Gasteiger charge is -2.27. The van der Waals surface area contributed by atoms with Crippen LogP contribution in [0.25, 0.3) is 0 Å². The van der Waals surface area contributed by atoms with Crippen molar-refractivity contribution in [2.45, 2.75) is 110 Å². The Bertz CT molecular complexity index is 1830. The van der Waals surface area contributed by atoms with Crippen molar-refractivity contribution < 1.29 is 42.9 Å². The van der Waals surface area contributed by atoms with Gasteiger partial charge in [-0.1, -0.05) is 66.5 Å². The van der Waals surface area contributed by atoms with E-state index in [0.29, 0.717) is 18.4 Å². The fourth-order valence-electron chi connectivity index (χ4n) is 6.05. The highest BCUT2D eigenvalue weighted by atomic mass is 16.6. The predicted octanol–water partition coefficient (Wildman–Crippen LogP) is 0.262. The fourth-order valence-corrected chi connectivity index (χ4v) is 6.05. The van der Waals surface area contributed by atoms with E-state index < -0.39 is 88.9 Å². The van der Waals surface area contributed by atoms with Crippen LogP contribution in [0.5, 0.6) is 0 Å². The number of carbonyl (C=O) groups excluding carboxylic acids is 7. The number of rotatable bonds is 26. The second-order valence-corrected chi connectivity index (χ2v) is 15.3. The van der Waals surface area contributed by atoms with Crippen molar-refractivity contribution in [2.24, 2.45) is 39.9 Å². The topological polar surface area (TPSA) is 338 Å². The van der Waals surface area contributed by atoms with Gasteiger partial charge in [0.25, 0.3) is 11.6 Å². The minimum Gasteiger partial charge on any atom is -0.459 e. The summed E-state index contributed by atoms with van der Waals surface area (Å²) in [6, 6.07) is 2.43. The molecule has 0 unspecified atom stereocenters. The Balaban J connectivity index is 2.30. The maximum atomic E-state index is 13.9. The van der Waals surface area contributed by atoms with Crippen molar-refractivity contribution in [3.05, 3.63) is 64.1 Å². The standard InChI is InChI=1S/C40H61N11O10/c1-7-23(5)32(34(41)53)49-37(56)29(20-25-13-15-26(16-14-25)51(59)60)47-35(54)27(11-9-17-44-40(42)43)46-31(52)21-45-39(58)33(24(6)8-2)50-36(55)28(19-22(3)4)48-38(57)30-12-10-18-61-30/h10,12-16,18,22-24,27-29,32-33H,7-9,11,17,19-21H2,1-6H3,(H2,41,53)(H,45,58)(H,46,52)(H,47,54)(H,48,57)(H,49,56)(H,50,55)(H4,42,43,44)/t23-,24-,27-,28-,29-,32-,33-/m0/s1. The number of non-ortho nitro benzene ring substituents is 1. The number of benzene rings is 1. The molecule has 12 N–H and O–H groups in total. The van der Waals surface area contributed by atoms with E-state index in [1.807, 2.05) is 20.8 Å². The summed E-state index contributed by atoms with van der Waals surface area (Å²) in [7, 11) is 0. The summed E-state index contributed by atoms with van der Waals surface area (Å²) in [6.45, 7) is 10.3. The average molecular weight is 856 g/mol. The van der Waals surface area contributed by atoms with Crippen LogP contribution >= 0.6 is 0 Å². The maximum absolute atomic E-state index is 13.9. The number of furan rings is 1. The van der Waals surface area contributed by atoms with Crippen LogP contribution in [0.4, 0.5) is 5.69 Å². The summed E-state index contributed by atoms with van der Waals surface area (Å²) in [5, 5.41) is 26.9. The molecule has 1 aromatic carbocycles. The van der Waals surface area contributed by atoms with E-state index in [2.05, 4.69) is 36.9 Å². The van der Waals surface area contributed by atoms with Gasteiger partial charge in [0.15, 0.2) is 11.7 Å². The first-order chi connectivity index (χ1) is 28.8. The number of nitro benzene ring substituents is 1. The van der Waals surface area contributed by atoms with E-state index in [4.69, 9.17) is 21.6 Å². The van der Waals surface area contributed by atoms with E-state index >= 15 is 0 Å². The minimum absolute atomic E-state index is 0.00798. The van der Waals surface area contributed by atoms with Gasteiger partial charge in [0.1, 0.15) is 30.2 Å². The number of guanidine groups is 1. The maximum Gasteiger partial charge on any atom is 0.287 e. The summed E-state index contributed by atoms with van der Waals surface area (Å²) in [5.74, 6) is -6.08. The normalized spacial score (nSPS) is 14.4. The van der Waals surface area contributed by atoms with Gasteiger partial charge in [-0.2, -0.15) is 0 Å². The van der Waals surface area contributed by atoms with Gasteiger partial charge in [-0.15, -0.1) is 0 Å². The summed E-state index contributed by atoms with van der Waals surface area (Å²) in [5.41, 5.74) is 16.7. The van der Waals surface area contributed by atoms with Crippen molar-refractivity contribution in [1.29, 1.82) is 0 Å². The first kappa shape index (κ1) is 50.6. The van der Waals surface area contributed by atoms with Gasteiger partial charge in [0.05, 0.1) is 17.7 Å². The molecule has 0 saturated carbocycles. The molecule has 0 aliphatic rings. The molecule has 2 aromatic rings. The van der Waals surface area contributed by atoms with Gasteiger partial charge in [-0.05, 0) is 54.7 Å². The lowest BCUT2D eigenvalue weighted by molar-refractivity contribution is -0.384. The molecule has 61 heavy (non-hydrogen) atoms. The van der Waals surface area contributed by atoms with Gasteiger partial charge >= 0.3 is 0 Å². The van der Waals surface area contributed by atoms with Crippen molar-refractivity contribution in [1.82, 2.24) is 31.9 Å². The van der Waals surface area contributed by atoms with Gasteiger partial charge < -0.3 is 53.5 Å². The molecule has 0 radical (unpaired) electrons. The Kier molecular flexibility index (Phi) is 20.9. The fraction of sp³-hybridized carbons (Fsp3) is 0.550. The number of hydrogen-bond acceptors (Lipinski definition) is 11. The van der Waals surface area contributed by atoms with Crippen molar-refractivity contribution in [2.75, 3.05) is 13.1 Å². The smallest absolute Gasteiger partial charge is 0.287 e. The highest BCUT2D eigenvalue weighted by Crippen LogP contribution is 2.16. The number of amides is 7. The number of primary amides is 1. The molecule has 21 nitrogen and oxygen atoms in total. The third-order valence-corrected chi connectivity index (χ3v) is 9.92. The highest BCUT2D eigenvalue weighted by molar-refractivity contribution is 5.98. The van der Waals surface area contributed by atoms with E-state index in [-0.39, 0.29) is 61.5 Å². The van der Waals surface area contributed by atoms with Crippen LogP contribution in [0, 0.1) is 27.9 Å². The molecule has 1 aromatic heterocycles. The third-order valence-electron chi connectivity index (χ3n) is 9.92. The first-order valence-corrected chi connectivity index (χ1v) is 20.2. The lowest BCUT2D eigenvalue weighted by atomic mass is 9.96. The van der Waals surface area contributed by atoms with Crippen LogP contribution in [-0.2, 0) is 35.2 Å². The monoisotopic (exact) mass is 855 g/mol. The number of aliphatic imine (C=N–C) groups is 1. The number of hydrogen-bond donors (Lipinski definition) is 9. The van der Waals surface area contributed by atoms with Crippen LogP contribution in [-0.4, -0.2) is 95.5 Å². The number of nitrogens with zero attached hydrogens (tertiary/aromatic N) is 2. The van der Waals surface area contributed by atoms with Crippen LogP contribution in [0.1, 0.15) is 89.8 Å². The van der Waals surface area contributed by atoms with Gasteiger partial charge in [-0.3, -0.25) is 48.7 Å². The average Bonchev–Trinajstić information content (AvgIpc) is 3.76. The molecule has 336 valence electrons. The molecule has 2 rings (SSSR count). The Labute approximate surface area is 354 Å². The number of nitro groups is 1. The van der Waals surface area contributed by atoms with Crippen LogP contribution < -0.4 is 49.1 Å². The summed E-state index contributed by atoms with van der Waals surface area (Å²) in [6.07, 6.45) is 2.52. The molecule has 0 fully saturated rings. The lowest BCUT2D eigenvalue weighted by Crippen LogP contribution is -2.59. The van der Waals surface area contributed by atoms with Gasteiger partial charge in [-0.25, -0.2) is 0 Å². The Morgan fingerprint density at radius 3 is 1.89 bits per heavy atom. The molecule has 0 spiro atoms. The van der Waals surface area contributed by atoms with E-state index in [1.165, 1.54) is 42.7 Å².